The third kappa shape index (κ3) is 11.4. The van der Waals surface area contributed by atoms with E-state index in [1.807, 2.05) is 63.1 Å². The Labute approximate surface area is 474 Å². The second-order valence-electron chi connectivity index (χ2n) is 25.7. The molecule has 14 heteroatoms. The Balaban J connectivity index is 0.812. The highest BCUT2D eigenvalue weighted by Crippen LogP contribution is 2.53. The molecule has 1 aromatic heterocycles. The van der Waals surface area contributed by atoms with Crippen LogP contribution in [0.1, 0.15) is 129 Å². The number of hydrogen-bond donors (Lipinski definition) is 3. The smallest absolute Gasteiger partial charge is 0.410 e. The summed E-state index contributed by atoms with van der Waals surface area (Å²) in [6.45, 7) is 17.2. The van der Waals surface area contributed by atoms with E-state index in [1.54, 1.807) is 53.4 Å². The largest absolute Gasteiger partial charge is 0.413 e. The van der Waals surface area contributed by atoms with Crippen LogP contribution in [0.2, 0.25) is 0 Å². The quantitative estimate of drug-likeness (QED) is 0.102. The van der Waals surface area contributed by atoms with E-state index >= 15 is 0 Å². The minimum absolute atomic E-state index is 0.132. The van der Waals surface area contributed by atoms with E-state index in [4.69, 9.17) is 19.5 Å². The third-order valence-electron chi connectivity index (χ3n) is 17.6. The summed E-state index contributed by atoms with van der Waals surface area (Å²) in [5.41, 5.74) is 10.5. The number of para-hydroxylation sites is 2. The first-order chi connectivity index (χ1) is 38.7. The molecule has 420 valence electrons. The molecular weight excluding hydrogens is 1010 g/mol. The van der Waals surface area contributed by atoms with E-state index in [-0.39, 0.29) is 51.5 Å². The topological polar surface area (TPSA) is 175 Å². The second-order valence-corrected chi connectivity index (χ2v) is 25.7. The van der Waals surface area contributed by atoms with Crippen molar-refractivity contribution in [3.63, 3.8) is 0 Å². The average molecular weight is 1090 g/mol. The summed E-state index contributed by atoms with van der Waals surface area (Å²) in [7, 11) is 0. The Bertz CT molecular complexity index is 3520. The lowest BCUT2D eigenvalue weighted by atomic mass is 9.82. The molecule has 14 nitrogen and oxygen atoms in total. The number of carbonyl (C=O) groups is 4. The van der Waals surface area contributed by atoms with Crippen LogP contribution < -0.4 is 25.7 Å². The molecule has 1 spiro atoms. The molecule has 0 radical (unpaired) electrons. The average Bonchev–Trinajstić information content (AvgIpc) is 4.50. The lowest BCUT2D eigenvalue weighted by Gasteiger charge is -2.31. The van der Waals surface area contributed by atoms with Gasteiger partial charge in [0.05, 0.1) is 23.0 Å². The SMILES string of the molecule is CC(C)[C@H](NC(=O)Oc1ccccc1)C(=O)N1CC(C)(C)C[C@H]1C1=NC=C(c2ccc(-c3ccc(-c4ccc5nc([C@@H]6CC(C)(C)CN6C(=O)[C@@H](NC(=O)Oc6ccccc6)C(C)C)[nH]c(=O)c5c4)c4c3CC3(CCCC3)C4)cc2)C1. The monoisotopic (exact) mass is 1090 g/mol. The number of amides is 4. The van der Waals surface area contributed by atoms with Crippen LogP contribution in [0.3, 0.4) is 0 Å². The molecular formula is C67H75N7O7. The van der Waals surface area contributed by atoms with Crippen molar-refractivity contribution < 1.29 is 28.7 Å². The molecule has 1 saturated carbocycles. The van der Waals surface area contributed by atoms with Gasteiger partial charge < -0.3 is 34.9 Å². The van der Waals surface area contributed by atoms with Crippen molar-refractivity contribution in [3.8, 4) is 33.8 Å². The second kappa shape index (κ2) is 21.9. The molecule has 2 saturated heterocycles. The van der Waals surface area contributed by atoms with E-state index in [1.165, 1.54) is 42.4 Å². The summed E-state index contributed by atoms with van der Waals surface area (Å²) < 4.78 is 11.0. The van der Waals surface area contributed by atoms with Crippen molar-refractivity contribution in [2.75, 3.05) is 13.1 Å². The molecule has 11 rings (SSSR count). The highest BCUT2D eigenvalue weighted by atomic mass is 16.6. The lowest BCUT2D eigenvalue weighted by Crippen LogP contribution is -2.54. The van der Waals surface area contributed by atoms with E-state index in [2.05, 4.69) is 85.8 Å². The van der Waals surface area contributed by atoms with Gasteiger partial charge >= 0.3 is 12.2 Å². The van der Waals surface area contributed by atoms with Gasteiger partial charge in [0.25, 0.3) is 5.56 Å². The van der Waals surface area contributed by atoms with Gasteiger partial charge in [-0.3, -0.25) is 19.4 Å². The maximum atomic E-state index is 14.5. The molecule has 0 bridgehead atoms. The van der Waals surface area contributed by atoms with Crippen LogP contribution in [0.4, 0.5) is 9.59 Å². The molecule has 4 atom stereocenters. The van der Waals surface area contributed by atoms with Crippen molar-refractivity contribution in [2.45, 2.75) is 137 Å². The number of allylic oxidation sites excluding steroid dienone is 1. The highest BCUT2D eigenvalue weighted by Gasteiger charge is 2.47. The van der Waals surface area contributed by atoms with Gasteiger partial charge in [0.15, 0.2) is 0 Å². The summed E-state index contributed by atoms with van der Waals surface area (Å²) in [4.78, 5) is 86.1. The maximum absolute atomic E-state index is 14.5. The number of nitrogens with one attached hydrogen (secondary N) is 3. The van der Waals surface area contributed by atoms with Gasteiger partial charge in [-0.2, -0.15) is 0 Å². The van der Waals surface area contributed by atoms with Gasteiger partial charge in [0.2, 0.25) is 11.8 Å². The highest BCUT2D eigenvalue weighted by molar-refractivity contribution is 6.04. The van der Waals surface area contributed by atoms with Crippen LogP contribution in [-0.4, -0.2) is 80.7 Å². The molecule has 4 heterocycles. The van der Waals surface area contributed by atoms with Crippen molar-refractivity contribution in [1.82, 2.24) is 30.4 Å². The minimum Gasteiger partial charge on any atom is -0.410 e. The van der Waals surface area contributed by atoms with Gasteiger partial charge in [-0.25, -0.2) is 14.6 Å². The number of likely N-dealkylation sites (tertiary alicyclic amines) is 2. The number of hydrogen-bond acceptors (Lipinski definition) is 9. The van der Waals surface area contributed by atoms with Crippen LogP contribution in [0.15, 0.2) is 131 Å². The van der Waals surface area contributed by atoms with Gasteiger partial charge in [0.1, 0.15) is 29.4 Å². The van der Waals surface area contributed by atoms with E-state index < -0.39 is 30.3 Å². The fourth-order valence-electron chi connectivity index (χ4n) is 13.5. The van der Waals surface area contributed by atoms with E-state index in [9.17, 15) is 24.0 Å². The number of ether oxygens (including phenoxy) is 2. The number of nitrogens with zero attached hydrogens (tertiary/aromatic N) is 4. The fourth-order valence-corrected chi connectivity index (χ4v) is 13.5. The Morgan fingerprint density at radius 2 is 1.12 bits per heavy atom. The molecule has 4 amide bonds. The maximum Gasteiger partial charge on any atom is 0.413 e. The van der Waals surface area contributed by atoms with Crippen LogP contribution in [0.5, 0.6) is 11.5 Å². The van der Waals surface area contributed by atoms with Crippen LogP contribution in [-0.2, 0) is 22.4 Å². The number of rotatable bonds is 13. The van der Waals surface area contributed by atoms with Crippen molar-refractivity contribution in [1.29, 1.82) is 0 Å². The minimum atomic E-state index is -0.861. The molecule has 6 aromatic rings. The first kappa shape index (κ1) is 55.1. The van der Waals surface area contributed by atoms with Crippen molar-refractivity contribution >= 4 is 46.2 Å². The number of aromatic amines is 1. The molecule has 5 aliphatic rings. The number of aromatic nitrogens is 2. The summed E-state index contributed by atoms with van der Waals surface area (Å²) in [6.07, 6.45) is 9.41. The number of aliphatic imine (C=N–C) groups is 1. The van der Waals surface area contributed by atoms with Gasteiger partial charge in [-0.15, -0.1) is 0 Å². The predicted molar refractivity (Wildman–Crippen MR) is 317 cm³/mol. The van der Waals surface area contributed by atoms with Gasteiger partial charge in [-0.05, 0) is 148 Å². The normalized spacial score (nSPS) is 20.3. The zero-order valence-electron chi connectivity index (χ0n) is 47.9. The molecule has 3 fully saturated rings. The van der Waals surface area contributed by atoms with E-state index in [0.717, 1.165) is 52.8 Å². The van der Waals surface area contributed by atoms with E-state index in [0.29, 0.717) is 54.2 Å². The number of benzene rings is 5. The Kier molecular flexibility index (Phi) is 14.9. The number of carbonyl (C=O) groups excluding carboxylic acids is 4. The number of fused-ring (bicyclic) bond motifs is 2. The molecule has 5 aromatic carbocycles. The molecule has 3 aliphatic heterocycles. The first-order valence-electron chi connectivity index (χ1n) is 29.0. The zero-order chi connectivity index (χ0) is 57.0. The summed E-state index contributed by atoms with van der Waals surface area (Å²) in [5.74, 6) is 0.425. The van der Waals surface area contributed by atoms with Crippen LogP contribution in [0.25, 0.3) is 38.7 Å². The zero-order valence-corrected chi connectivity index (χ0v) is 47.9. The Hall–Kier alpha value is -7.87. The number of H-pyrrole nitrogens is 1. The summed E-state index contributed by atoms with van der Waals surface area (Å²) in [5, 5.41) is 6.18. The van der Waals surface area contributed by atoms with Crippen molar-refractivity contribution in [3.05, 3.63) is 154 Å². The van der Waals surface area contributed by atoms with Crippen LogP contribution >= 0.6 is 0 Å². The fraction of sp³-hybridized carbons (Fsp3) is 0.418. The van der Waals surface area contributed by atoms with Crippen molar-refractivity contribution in [2.24, 2.45) is 33.1 Å². The van der Waals surface area contributed by atoms with Gasteiger partial charge in [0, 0.05) is 31.4 Å². The van der Waals surface area contributed by atoms with Crippen LogP contribution in [0, 0.1) is 28.1 Å². The standard InChI is InChI=1S/C67H75N7O7/c1-40(2)57(70-63(78)80-46-17-11-9-12-18-46)61(76)73-38-65(5,6)35-55(73)54-32-45(37-68-54)42-21-23-43(24-22-42)48-26-27-49(52-34-67(33-51(48)52)29-15-16-30-67)44-25-28-53-50(31-44)60(75)72-59(69-53)56-36-66(7,8)39-74(56)62(77)58(41(3)4)71-64(79)81-47-19-13-10-14-20-47/h9-14,17-28,31,37,40-41,55-58H,15-16,29-30,32-36,38-39H2,1-8H3,(H,70,78)(H,71,79)(H,69,72,75)/t55-,56-,57-,58-/m0/s1. The van der Waals surface area contributed by atoms with Gasteiger partial charge in [-0.1, -0.05) is 147 Å². The lowest BCUT2D eigenvalue weighted by molar-refractivity contribution is -0.136. The molecule has 81 heavy (non-hydrogen) atoms. The predicted octanol–water partition coefficient (Wildman–Crippen LogP) is 12.7. The Morgan fingerprint density at radius 1 is 0.630 bits per heavy atom. The third-order valence-corrected chi connectivity index (χ3v) is 17.6. The molecule has 3 N–H and O–H groups in total. The summed E-state index contributed by atoms with van der Waals surface area (Å²) in [6, 6.07) is 34.6. The first-order valence-corrected chi connectivity index (χ1v) is 29.0. The molecule has 0 unspecified atom stereocenters. The molecule has 2 aliphatic carbocycles. The summed E-state index contributed by atoms with van der Waals surface area (Å²) >= 11 is 0. The Morgan fingerprint density at radius 3 is 1.67 bits per heavy atom.